The summed E-state index contributed by atoms with van der Waals surface area (Å²) in [6.45, 7) is -8.86. The van der Waals surface area contributed by atoms with E-state index in [9.17, 15) is 14.6 Å². The van der Waals surface area contributed by atoms with Gasteiger partial charge in [0, 0.05) is 6.42 Å². The maximum absolute atomic E-state index is 13.6. The van der Waals surface area contributed by atoms with Crippen molar-refractivity contribution in [1.82, 2.24) is 39.0 Å². The Morgan fingerprint density at radius 1 is 0.957 bits per heavy atom. The Labute approximate surface area is 268 Å². The van der Waals surface area contributed by atoms with Crippen molar-refractivity contribution in [3.63, 3.8) is 0 Å². The fourth-order valence-corrected chi connectivity index (χ4v) is 9.10. The van der Waals surface area contributed by atoms with Crippen LogP contribution in [0.15, 0.2) is 25.3 Å². The molecule has 4 saturated heterocycles. The average Bonchev–Trinajstić information content (AvgIpc) is 3.81. The number of hydrogen-bond donors (Lipinski definition) is 5. The number of nitrogens with zero attached hydrogens (tertiary/aromatic N) is 8. The smallest absolute Gasteiger partial charge is 0.386 e. The zero-order valence-electron chi connectivity index (χ0n) is 23.3. The van der Waals surface area contributed by atoms with E-state index < -0.39 is 68.7 Å². The number of fused-ring (bicyclic) bond motifs is 4. The van der Waals surface area contributed by atoms with Crippen molar-refractivity contribution < 1.29 is 46.9 Å². The van der Waals surface area contributed by atoms with E-state index in [2.05, 4.69) is 42.2 Å². The van der Waals surface area contributed by atoms with Crippen molar-refractivity contribution in [1.29, 1.82) is 0 Å². The molecule has 4 fully saturated rings. The lowest BCUT2D eigenvalue weighted by atomic mass is 9.96. The minimum atomic E-state index is -4.17. The number of anilines is 2. The van der Waals surface area contributed by atoms with Gasteiger partial charge in [0.1, 0.15) is 59.8 Å². The zero-order valence-corrected chi connectivity index (χ0v) is 26.8. The predicted molar refractivity (Wildman–Crippen MR) is 161 cm³/mol. The summed E-state index contributed by atoms with van der Waals surface area (Å²) < 4.78 is 58.5. The fraction of sp³-hybridized carbons (Fsp3) is 0.545. The molecule has 0 amide bonds. The van der Waals surface area contributed by atoms with Crippen LogP contribution in [0.5, 0.6) is 0 Å². The zero-order chi connectivity index (χ0) is 32.0. The summed E-state index contributed by atoms with van der Waals surface area (Å²) in [7, 11) is 0. The van der Waals surface area contributed by atoms with Gasteiger partial charge in [-0.25, -0.2) is 34.5 Å². The number of nitrogens with two attached hydrogens (primary N) is 2. The topological polar surface area (TPSA) is 261 Å². The van der Waals surface area contributed by atoms with Crippen LogP contribution < -0.4 is 11.5 Å². The second kappa shape index (κ2) is 11.1. The molecule has 8 rings (SSSR count). The highest BCUT2D eigenvalue weighted by Crippen LogP contribution is 2.60. The Morgan fingerprint density at radius 3 is 2.28 bits per heavy atom. The Hall–Kier alpha value is -2.43. The molecule has 10 atom stereocenters. The maximum atomic E-state index is 13.6. The van der Waals surface area contributed by atoms with Crippen molar-refractivity contribution in [2.45, 2.75) is 55.0 Å². The molecule has 2 unspecified atom stereocenters. The molecule has 0 aliphatic carbocycles. The number of rotatable bonds is 2. The monoisotopic (exact) mass is 716 g/mol. The van der Waals surface area contributed by atoms with Crippen molar-refractivity contribution in [2.24, 2.45) is 0 Å². The average molecular weight is 717 g/mol. The highest BCUT2D eigenvalue weighted by atomic mass is 32.7. The van der Waals surface area contributed by atoms with Crippen LogP contribution in [0.2, 0.25) is 0 Å². The Morgan fingerprint density at radius 2 is 1.61 bits per heavy atom. The normalized spacial score (nSPS) is 39.9. The van der Waals surface area contributed by atoms with Crippen LogP contribution >= 0.6 is 25.8 Å². The van der Waals surface area contributed by atoms with Crippen LogP contribution in [0, 0.1) is 0 Å². The van der Waals surface area contributed by atoms with Gasteiger partial charge in [-0.2, -0.15) is 0 Å². The summed E-state index contributed by atoms with van der Waals surface area (Å²) in [6.07, 6.45) is -2.32. The first-order valence-electron chi connectivity index (χ1n) is 13.8. The molecule has 8 heterocycles. The van der Waals surface area contributed by atoms with E-state index in [1.54, 1.807) is 4.57 Å². The van der Waals surface area contributed by atoms with E-state index in [1.807, 2.05) is 0 Å². The Kier molecular flexibility index (Phi) is 7.42. The second-order valence-corrected chi connectivity index (χ2v) is 16.6. The molecule has 0 spiro atoms. The number of nitrogen functional groups attached to an aromatic ring is 2. The van der Waals surface area contributed by atoms with Crippen LogP contribution in [0.25, 0.3) is 22.3 Å². The number of aromatic nitrogens is 8. The third kappa shape index (κ3) is 5.04. The summed E-state index contributed by atoms with van der Waals surface area (Å²) in [5, 5.41) is 11.3. The van der Waals surface area contributed by atoms with Gasteiger partial charge in [0.05, 0.1) is 32.5 Å². The molecular formula is C22H26N10O10P2S2. The summed E-state index contributed by atoms with van der Waals surface area (Å²) in [6, 6.07) is 0. The largest absolute Gasteiger partial charge is 0.387 e. The molecule has 0 aromatic carbocycles. The summed E-state index contributed by atoms with van der Waals surface area (Å²) in [5.41, 5.74) is 11.9. The first-order valence-corrected chi connectivity index (χ1v) is 19.0. The predicted octanol–water partition coefficient (Wildman–Crippen LogP) is 0.217. The SMILES string of the molecule is Nc1ncnc2c1ncn2[C@@H]1O[C@@H]2COP(O)(=S)O[C@H]3[C@H]4OC[C@]3(CCOP(=O)(S)O[C@@H]1[C@@H]2O)O[C@H]4n1cnc2c(N)ncnc21. The van der Waals surface area contributed by atoms with Crippen LogP contribution in [-0.2, 0) is 48.7 Å². The number of thiol groups is 1. The third-order valence-electron chi connectivity index (χ3n) is 8.29. The molecule has 0 saturated carbocycles. The quantitative estimate of drug-likeness (QED) is 0.137. The molecule has 20 nitrogen and oxygen atoms in total. The first kappa shape index (κ1) is 30.9. The molecule has 4 aromatic heterocycles. The van der Waals surface area contributed by atoms with Gasteiger partial charge >= 0.3 is 13.5 Å². The van der Waals surface area contributed by atoms with Gasteiger partial charge in [0.2, 0.25) is 0 Å². The summed E-state index contributed by atoms with van der Waals surface area (Å²) in [4.78, 5) is 36.2. The van der Waals surface area contributed by atoms with Gasteiger partial charge in [-0.1, -0.05) is 12.2 Å². The minimum Gasteiger partial charge on any atom is -0.387 e. The minimum absolute atomic E-state index is 0.0207. The van der Waals surface area contributed by atoms with Gasteiger partial charge in [0.25, 0.3) is 0 Å². The molecule has 4 bridgehead atoms. The van der Waals surface area contributed by atoms with E-state index in [-0.39, 0.29) is 42.4 Å². The highest BCUT2D eigenvalue weighted by molar-refractivity contribution is 8.44. The molecule has 24 heteroatoms. The molecular weight excluding hydrogens is 690 g/mol. The van der Waals surface area contributed by atoms with E-state index in [1.165, 1.54) is 29.9 Å². The van der Waals surface area contributed by atoms with Crippen molar-refractivity contribution in [3.05, 3.63) is 25.3 Å². The Balaban J connectivity index is 1.11. The van der Waals surface area contributed by atoms with Crippen molar-refractivity contribution in [2.75, 3.05) is 31.3 Å². The van der Waals surface area contributed by atoms with Gasteiger partial charge in [-0.15, -0.1) is 0 Å². The lowest BCUT2D eigenvalue weighted by molar-refractivity contribution is -0.176. The molecule has 6 N–H and O–H groups in total. The number of aliphatic hydroxyl groups excluding tert-OH is 1. The van der Waals surface area contributed by atoms with Gasteiger partial charge in [-0.05, 0) is 11.8 Å². The van der Waals surface area contributed by atoms with Crippen LogP contribution in [-0.4, -0.2) is 105 Å². The number of aliphatic hydroxyl groups is 1. The molecule has 4 aromatic rings. The van der Waals surface area contributed by atoms with Crippen LogP contribution in [0.4, 0.5) is 11.6 Å². The summed E-state index contributed by atoms with van der Waals surface area (Å²) in [5.74, 6) is 0.295. The molecule has 0 radical (unpaired) electrons. The Bertz CT molecular complexity index is 1940. The number of imidazole rings is 2. The van der Waals surface area contributed by atoms with E-state index in [4.69, 9.17) is 55.6 Å². The van der Waals surface area contributed by atoms with E-state index >= 15 is 0 Å². The van der Waals surface area contributed by atoms with E-state index in [0.717, 1.165) is 0 Å². The summed E-state index contributed by atoms with van der Waals surface area (Å²) >= 11 is 9.59. The van der Waals surface area contributed by atoms with Gasteiger partial charge in [-0.3, -0.25) is 18.2 Å². The number of ether oxygens (including phenoxy) is 3. The maximum Gasteiger partial charge on any atom is 0.386 e. The van der Waals surface area contributed by atoms with Gasteiger partial charge < -0.3 is 44.7 Å². The lowest BCUT2D eigenvalue weighted by Crippen LogP contribution is -2.43. The second-order valence-electron chi connectivity index (χ2n) is 11.0. The van der Waals surface area contributed by atoms with Gasteiger partial charge in [0.15, 0.2) is 35.4 Å². The van der Waals surface area contributed by atoms with Crippen LogP contribution in [0.1, 0.15) is 18.9 Å². The molecule has 246 valence electrons. The fourth-order valence-electron chi connectivity index (χ4n) is 6.16. The molecule has 4 aliphatic heterocycles. The van der Waals surface area contributed by atoms with E-state index in [0.29, 0.717) is 11.2 Å². The van der Waals surface area contributed by atoms with Crippen molar-refractivity contribution in [3.8, 4) is 0 Å². The molecule has 46 heavy (non-hydrogen) atoms. The number of hydrogen-bond acceptors (Lipinski definition) is 18. The van der Waals surface area contributed by atoms with Crippen molar-refractivity contribution >= 4 is 71.5 Å². The third-order valence-corrected chi connectivity index (χ3v) is 11.5. The van der Waals surface area contributed by atoms with Crippen LogP contribution in [0.3, 0.4) is 0 Å². The molecule has 4 aliphatic rings. The first-order chi connectivity index (χ1) is 22.0. The highest BCUT2D eigenvalue weighted by Gasteiger charge is 2.64. The standard InChI is InChI=1S/C22H26N10O10P2S2/c23-16-10-18(27-5-25-16)31(7-29-10)20-13-12(33)9(39-20)3-38-44(35,46)42-15-14-21(32-8-30-11-17(24)26-6-28-19(11)32)40-22(15,4-36-14)1-2-37-43(34,45)41-13/h5-9,12-15,20-21,33H,1-4H2,(H,34,45)(H,35,46)(H2,23,25,27)(H2,24,26,28)/t9-,12-,13-,14-,15+,20-,21-,22+,43?,44?/m1/s1. The lowest BCUT2D eigenvalue weighted by Gasteiger charge is -2.33.